The fourth-order valence-corrected chi connectivity index (χ4v) is 2.99. The Balaban J connectivity index is 2.65. The van der Waals surface area contributed by atoms with Gasteiger partial charge in [-0.3, -0.25) is 4.68 Å². The molecule has 1 atom stereocenters. The monoisotopic (exact) mass is 279 g/mol. The zero-order chi connectivity index (χ0) is 15.0. The number of rotatable bonds is 10. The molecule has 3 nitrogen and oxygen atoms in total. The minimum atomic E-state index is 0.453. The lowest BCUT2D eigenvalue weighted by atomic mass is 10.0. The lowest BCUT2D eigenvalue weighted by molar-refractivity contribution is 0.514. The van der Waals surface area contributed by atoms with Crippen LogP contribution in [0.25, 0.3) is 0 Å². The van der Waals surface area contributed by atoms with Crippen molar-refractivity contribution in [3.8, 4) is 0 Å². The maximum atomic E-state index is 4.76. The summed E-state index contributed by atoms with van der Waals surface area (Å²) < 4.78 is 2.22. The third-order valence-corrected chi connectivity index (χ3v) is 4.12. The molecule has 1 aromatic rings. The van der Waals surface area contributed by atoms with Gasteiger partial charge in [0.05, 0.1) is 5.69 Å². The summed E-state index contributed by atoms with van der Waals surface area (Å²) in [5.74, 6) is 0. The van der Waals surface area contributed by atoms with Crippen molar-refractivity contribution in [3.63, 3.8) is 0 Å². The highest BCUT2D eigenvalue weighted by Crippen LogP contribution is 2.24. The van der Waals surface area contributed by atoms with Gasteiger partial charge in [-0.1, -0.05) is 46.5 Å². The average Bonchev–Trinajstić information content (AvgIpc) is 2.71. The molecule has 1 unspecified atom stereocenters. The summed E-state index contributed by atoms with van der Waals surface area (Å²) >= 11 is 0. The van der Waals surface area contributed by atoms with E-state index in [1.54, 1.807) is 0 Å². The van der Waals surface area contributed by atoms with Gasteiger partial charge in [-0.05, 0) is 33.2 Å². The Hall–Kier alpha value is -0.830. The van der Waals surface area contributed by atoms with Gasteiger partial charge in [0.25, 0.3) is 0 Å². The Morgan fingerprint density at radius 3 is 2.35 bits per heavy atom. The molecule has 1 heterocycles. The van der Waals surface area contributed by atoms with Crippen LogP contribution in [-0.2, 0) is 6.54 Å². The number of nitrogens with zero attached hydrogens (tertiary/aromatic N) is 2. The second kappa shape index (κ2) is 9.17. The van der Waals surface area contributed by atoms with Gasteiger partial charge in [0.2, 0.25) is 0 Å². The highest BCUT2D eigenvalue weighted by molar-refractivity contribution is 5.28. The second-order valence-electron chi connectivity index (χ2n) is 5.74. The van der Waals surface area contributed by atoms with Gasteiger partial charge in [-0.25, -0.2) is 0 Å². The first kappa shape index (κ1) is 17.2. The lowest BCUT2D eigenvalue weighted by Gasteiger charge is -2.16. The van der Waals surface area contributed by atoms with Gasteiger partial charge >= 0.3 is 0 Å². The predicted molar refractivity (Wildman–Crippen MR) is 87.2 cm³/mol. The zero-order valence-electron chi connectivity index (χ0n) is 14.1. The Labute approximate surface area is 125 Å². The summed E-state index contributed by atoms with van der Waals surface area (Å²) in [6.45, 7) is 13.1. The summed E-state index contributed by atoms with van der Waals surface area (Å²) in [7, 11) is 0. The maximum absolute atomic E-state index is 4.76. The average molecular weight is 279 g/mol. The van der Waals surface area contributed by atoms with E-state index in [0.29, 0.717) is 6.04 Å². The van der Waals surface area contributed by atoms with Gasteiger partial charge in [0, 0.05) is 23.8 Å². The van der Waals surface area contributed by atoms with E-state index in [0.717, 1.165) is 19.5 Å². The molecule has 1 rings (SSSR count). The zero-order valence-corrected chi connectivity index (χ0v) is 14.1. The van der Waals surface area contributed by atoms with Crippen LogP contribution in [0.3, 0.4) is 0 Å². The molecule has 0 saturated heterocycles. The fraction of sp³-hybridized carbons (Fsp3) is 0.824. The number of hydrogen-bond acceptors (Lipinski definition) is 2. The van der Waals surface area contributed by atoms with E-state index in [1.807, 2.05) is 0 Å². The van der Waals surface area contributed by atoms with Crippen LogP contribution in [0.5, 0.6) is 0 Å². The Morgan fingerprint density at radius 1 is 1.05 bits per heavy atom. The van der Waals surface area contributed by atoms with E-state index in [1.165, 1.54) is 49.1 Å². The maximum Gasteiger partial charge on any atom is 0.0644 e. The minimum Gasteiger partial charge on any atom is -0.310 e. The van der Waals surface area contributed by atoms with Crippen LogP contribution >= 0.6 is 0 Å². The predicted octanol–water partition coefficient (Wildman–Crippen LogP) is 4.53. The van der Waals surface area contributed by atoms with E-state index in [4.69, 9.17) is 5.10 Å². The van der Waals surface area contributed by atoms with E-state index in [-0.39, 0.29) is 0 Å². The van der Waals surface area contributed by atoms with Gasteiger partial charge in [-0.15, -0.1) is 0 Å². The third-order valence-electron chi connectivity index (χ3n) is 4.12. The highest BCUT2D eigenvalue weighted by atomic mass is 15.3. The van der Waals surface area contributed by atoms with Gasteiger partial charge in [-0.2, -0.15) is 5.10 Å². The molecule has 116 valence electrons. The van der Waals surface area contributed by atoms with Crippen molar-refractivity contribution in [1.82, 2.24) is 15.1 Å². The SMILES string of the molecule is CCCCCCCn1nc(C)c(C(CC)NCC)c1C. The van der Waals surface area contributed by atoms with E-state index in [9.17, 15) is 0 Å². The van der Waals surface area contributed by atoms with Crippen LogP contribution in [0.15, 0.2) is 0 Å². The summed E-state index contributed by atoms with van der Waals surface area (Å²) in [4.78, 5) is 0. The van der Waals surface area contributed by atoms with Gasteiger partial charge < -0.3 is 5.32 Å². The Kier molecular flexibility index (Phi) is 7.90. The van der Waals surface area contributed by atoms with Crippen molar-refractivity contribution in [2.45, 2.75) is 85.7 Å². The van der Waals surface area contributed by atoms with Crippen molar-refractivity contribution in [2.75, 3.05) is 6.54 Å². The van der Waals surface area contributed by atoms with Crippen LogP contribution in [0.2, 0.25) is 0 Å². The molecule has 0 radical (unpaired) electrons. The molecule has 1 aromatic heterocycles. The first-order valence-electron chi connectivity index (χ1n) is 8.42. The molecule has 0 spiro atoms. The van der Waals surface area contributed by atoms with Crippen molar-refractivity contribution in [2.24, 2.45) is 0 Å². The quantitative estimate of drug-likeness (QED) is 0.638. The standard InChI is InChI=1S/C17H33N3/c1-6-9-10-11-12-13-20-15(5)17(14(4)19-20)16(7-2)18-8-3/h16,18H,6-13H2,1-5H3. The molecule has 20 heavy (non-hydrogen) atoms. The molecular weight excluding hydrogens is 246 g/mol. The molecule has 0 aromatic carbocycles. The third kappa shape index (κ3) is 4.62. The van der Waals surface area contributed by atoms with Crippen molar-refractivity contribution in [3.05, 3.63) is 17.0 Å². The van der Waals surface area contributed by atoms with E-state index >= 15 is 0 Å². The van der Waals surface area contributed by atoms with Crippen molar-refractivity contribution < 1.29 is 0 Å². The summed E-state index contributed by atoms with van der Waals surface area (Å²) in [5, 5.41) is 8.33. The molecule has 0 fully saturated rings. The summed E-state index contributed by atoms with van der Waals surface area (Å²) in [5.41, 5.74) is 3.97. The molecule has 0 amide bonds. The highest BCUT2D eigenvalue weighted by Gasteiger charge is 2.18. The van der Waals surface area contributed by atoms with Crippen LogP contribution < -0.4 is 5.32 Å². The molecule has 0 aliphatic rings. The summed E-state index contributed by atoms with van der Waals surface area (Å²) in [6.07, 6.45) is 7.73. The second-order valence-corrected chi connectivity index (χ2v) is 5.74. The van der Waals surface area contributed by atoms with E-state index in [2.05, 4.69) is 44.6 Å². The molecule has 1 N–H and O–H groups in total. The van der Waals surface area contributed by atoms with E-state index < -0.39 is 0 Å². The van der Waals surface area contributed by atoms with Crippen LogP contribution in [0, 0.1) is 13.8 Å². The van der Waals surface area contributed by atoms with Crippen LogP contribution in [0.4, 0.5) is 0 Å². The fourth-order valence-electron chi connectivity index (χ4n) is 2.99. The lowest BCUT2D eigenvalue weighted by Crippen LogP contribution is -2.21. The number of nitrogens with one attached hydrogen (secondary N) is 1. The minimum absolute atomic E-state index is 0.453. The van der Waals surface area contributed by atoms with Crippen molar-refractivity contribution >= 4 is 0 Å². The van der Waals surface area contributed by atoms with Crippen LogP contribution in [0.1, 0.15) is 82.3 Å². The topological polar surface area (TPSA) is 29.9 Å². The first-order chi connectivity index (χ1) is 9.65. The number of hydrogen-bond donors (Lipinski definition) is 1. The molecule has 0 saturated carbocycles. The van der Waals surface area contributed by atoms with Crippen molar-refractivity contribution in [1.29, 1.82) is 0 Å². The van der Waals surface area contributed by atoms with Gasteiger partial charge in [0.15, 0.2) is 0 Å². The summed E-state index contributed by atoms with van der Waals surface area (Å²) in [6, 6.07) is 0.453. The number of aromatic nitrogens is 2. The van der Waals surface area contributed by atoms with Crippen LogP contribution in [-0.4, -0.2) is 16.3 Å². The molecule has 0 aliphatic heterocycles. The largest absolute Gasteiger partial charge is 0.310 e. The number of unbranched alkanes of at least 4 members (excludes halogenated alkanes) is 4. The molecular formula is C17H33N3. The Morgan fingerprint density at radius 2 is 1.75 bits per heavy atom. The molecule has 0 bridgehead atoms. The normalized spacial score (nSPS) is 12.8. The molecule has 3 heteroatoms. The Bertz CT molecular complexity index is 382. The van der Waals surface area contributed by atoms with Gasteiger partial charge in [0.1, 0.15) is 0 Å². The molecule has 0 aliphatic carbocycles. The first-order valence-corrected chi connectivity index (χ1v) is 8.42. The number of aryl methyl sites for hydroxylation is 2. The smallest absolute Gasteiger partial charge is 0.0644 e.